The lowest BCUT2D eigenvalue weighted by Gasteiger charge is -2.09. The molecule has 5 heterocycles. The van der Waals surface area contributed by atoms with Crippen molar-refractivity contribution in [2.45, 2.75) is 0 Å². The summed E-state index contributed by atoms with van der Waals surface area (Å²) >= 11 is 0. The first-order valence-electron chi connectivity index (χ1n) is 19.2. The van der Waals surface area contributed by atoms with E-state index in [0.717, 1.165) is 111 Å². The quantitative estimate of drug-likeness (QED) is 0.181. The zero-order valence-corrected chi connectivity index (χ0v) is 30.4. The van der Waals surface area contributed by atoms with E-state index in [2.05, 4.69) is 188 Å². The number of imidazole rings is 4. The van der Waals surface area contributed by atoms with E-state index in [9.17, 15) is 0 Å². The minimum Gasteiger partial charge on any atom is -0.456 e. The van der Waals surface area contributed by atoms with Crippen LogP contribution >= 0.6 is 0 Å². The molecule has 7 nitrogen and oxygen atoms in total. The van der Waals surface area contributed by atoms with E-state index in [1.54, 1.807) is 0 Å². The van der Waals surface area contributed by atoms with E-state index in [4.69, 9.17) is 14.4 Å². The van der Waals surface area contributed by atoms with Crippen LogP contribution in [-0.4, -0.2) is 27.9 Å². The smallest absolute Gasteiger partial charge is 0.220 e. The topological polar surface area (TPSA) is 57.6 Å². The summed E-state index contributed by atoms with van der Waals surface area (Å²) in [6, 6.07) is 64.2. The molecule has 0 amide bonds. The fourth-order valence-corrected chi connectivity index (χ4v) is 9.00. The molecule has 0 atom stereocenters. The van der Waals surface area contributed by atoms with E-state index in [1.165, 1.54) is 0 Å². The Morgan fingerprint density at radius 2 is 0.737 bits per heavy atom. The summed E-state index contributed by atoms with van der Waals surface area (Å²) in [6.07, 6.45) is 0. The Labute approximate surface area is 324 Å². The van der Waals surface area contributed by atoms with Crippen molar-refractivity contribution in [2.75, 3.05) is 0 Å². The highest BCUT2D eigenvalue weighted by atomic mass is 16.3. The lowest BCUT2D eigenvalue weighted by Crippen LogP contribution is -1.95. The third-order valence-electron chi connectivity index (χ3n) is 11.6. The van der Waals surface area contributed by atoms with Crippen molar-refractivity contribution < 1.29 is 4.42 Å². The van der Waals surface area contributed by atoms with Gasteiger partial charge in [-0.1, -0.05) is 84.9 Å². The molecule has 57 heavy (non-hydrogen) atoms. The Kier molecular flexibility index (Phi) is 6.04. The van der Waals surface area contributed by atoms with Gasteiger partial charge in [0.25, 0.3) is 0 Å². The molecule has 0 saturated carbocycles. The van der Waals surface area contributed by atoms with Gasteiger partial charge in [0.2, 0.25) is 11.6 Å². The van der Waals surface area contributed by atoms with Gasteiger partial charge in [-0.2, -0.15) is 0 Å². The highest BCUT2D eigenvalue weighted by molar-refractivity contribution is 6.08. The lowest BCUT2D eigenvalue weighted by molar-refractivity contribution is 0.669. The Bertz CT molecular complexity index is 3530. The molecule has 0 radical (unpaired) electrons. The van der Waals surface area contributed by atoms with Gasteiger partial charge in [-0.05, 0) is 119 Å². The van der Waals surface area contributed by atoms with Gasteiger partial charge in [0, 0.05) is 22.1 Å². The summed E-state index contributed by atoms with van der Waals surface area (Å²) in [7, 11) is 0. The molecule has 7 heteroatoms. The van der Waals surface area contributed by atoms with Crippen LogP contribution in [0.1, 0.15) is 0 Å². The van der Waals surface area contributed by atoms with Crippen LogP contribution in [-0.2, 0) is 0 Å². The van der Waals surface area contributed by atoms with Gasteiger partial charge in [0.15, 0.2) is 0 Å². The molecule has 0 aliphatic rings. The second-order valence-corrected chi connectivity index (χ2v) is 14.7. The average Bonchev–Trinajstić information content (AvgIpc) is 4.07. The first-order valence-corrected chi connectivity index (χ1v) is 19.2. The van der Waals surface area contributed by atoms with Crippen LogP contribution in [0, 0.1) is 0 Å². The molecule has 266 valence electrons. The van der Waals surface area contributed by atoms with E-state index in [-0.39, 0.29) is 0 Å². The van der Waals surface area contributed by atoms with E-state index < -0.39 is 0 Å². The molecule has 0 N–H and O–H groups in total. The summed E-state index contributed by atoms with van der Waals surface area (Å²) < 4.78 is 15.5. The molecule has 0 fully saturated rings. The molecular formula is C50H30N6O. The molecule has 0 spiro atoms. The molecule has 13 aromatic rings. The van der Waals surface area contributed by atoms with Crippen molar-refractivity contribution in [3.63, 3.8) is 0 Å². The van der Waals surface area contributed by atoms with Crippen molar-refractivity contribution >= 4 is 77.6 Å². The van der Waals surface area contributed by atoms with Crippen molar-refractivity contribution in [2.24, 2.45) is 0 Å². The molecular weight excluding hydrogens is 701 g/mol. The molecule has 0 aliphatic heterocycles. The number of furan rings is 1. The highest BCUT2D eigenvalue weighted by Gasteiger charge is 2.19. The number of aromatic nitrogens is 6. The molecule has 0 saturated heterocycles. The van der Waals surface area contributed by atoms with Gasteiger partial charge in [-0.3, -0.25) is 17.9 Å². The zero-order chi connectivity index (χ0) is 37.2. The van der Waals surface area contributed by atoms with Crippen LogP contribution in [0.3, 0.4) is 0 Å². The first kappa shape index (κ1) is 30.4. The summed E-state index contributed by atoms with van der Waals surface area (Å²) in [5, 5.41) is 2.17. The molecule has 0 bridgehead atoms. The minimum absolute atomic E-state index is 0.866. The van der Waals surface area contributed by atoms with E-state index in [0.29, 0.717) is 0 Å². The fraction of sp³-hybridized carbons (Fsp3) is 0. The maximum atomic E-state index is 6.42. The molecule has 0 unspecified atom stereocenters. The lowest BCUT2D eigenvalue weighted by atomic mass is 9.99. The molecule has 8 aromatic carbocycles. The zero-order valence-electron chi connectivity index (χ0n) is 30.4. The fourth-order valence-electron chi connectivity index (χ4n) is 9.00. The van der Waals surface area contributed by atoms with Gasteiger partial charge < -0.3 is 4.42 Å². The Morgan fingerprint density at radius 3 is 1.21 bits per heavy atom. The number of para-hydroxylation sites is 8. The standard InChI is InChI=1S/C50H30N6O/c1-3-17-41-39(15-1)51-49-53(43-19-5-7-21-45(43)55(41)49)35-13-9-11-31(27-35)33-23-25-47-37(29-33)38-30-34(24-26-48(38)57-47)32-12-10-14-36(28-32)54-44-20-6-8-22-46(44)56-42-18-4-2-16-40(42)52-50(54)56/h1-30H. The number of hydrogen-bond donors (Lipinski definition) is 0. The monoisotopic (exact) mass is 730 g/mol. The Hall–Kier alpha value is -7.90. The number of benzene rings is 8. The molecule has 0 aliphatic carbocycles. The second-order valence-electron chi connectivity index (χ2n) is 14.7. The van der Waals surface area contributed by atoms with Crippen LogP contribution in [0.4, 0.5) is 0 Å². The van der Waals surface area contributed by atoms with Crippen molar-refractivity contribution in [3.05, 3.63) is 182 Å². The second kappa shape index (κ2) is 11.3. The minimum atomic E-state index is 0.866. The van der Waals surface area contributed by atoms with Crippen LogP contribution < -0.4 is 0 Å². The predicted molar refractivity (Wildman–Crippen MR) is 231 cm³/mol. The number of rotatable bonds is 4. The SMILES string of the molecule is c1cc(-c2ccc3oc4ccc(-c5cccc(-n6c7ccccc7n7c8ccccc8nc67)c5)cc4c3c2)cc(-n2c3ccccc3n3c4ccccc4nc23)c1. The number of nitrogens with zero attached hydrogens (tertiary/aromatic N) is 6. The summed E-state index contributed by atoms with van der Waals surface area (Å²) in [6.45, 7) is 0. The maximum Gasteiger partial charge on any atom is 0.220 e. The number of fused-ring (bicyclic) bond motifs is 13. The third kappa shape index (κ3) is 4.30. The van der Waals surface area contributed by atoms with Crippen LogP contribution in [0.25, 0.3) is 111 Å². The van der Waals surface area contributed by atoms with Crippen LogP contribution in [0.2, 0.25) is 0 Å². The number of hydrogen-bond acceptors (Lipinski definition) is 3. The summed E-state index contributed by atoms with van der Waals surface area (Å²) in [5.74, 6) is 1.80. The largest absolute Gasteiger partial charge is 0.456 e. The molecule has 5 aromatic heterocycles. The van der Waals surface area contributed by atoms with Crippen molar-refractivity contribution in [3.8, 4) is 33.6 Å². The Morgan fingerprint density at radius 1 is 0.333 bits per heavy atom. The van der Waals surface area contributed by atoms with E-state index in [1.807, 2.05) is 12.1 Å². The predicted octanol–water partition coefficient (Wildman–Crippen LogP) is 12.4. The first-order chi connectivity index (χ1) is 28.2. The van der Waals surface area contributed by atoms with Gasteiger partial charge in [0.1, 0.15) is 11.2 Å². The maximum absolute atomic E-state index is 6.42. The average molecular weight is 731 g/mol. The van der Waals surface area contributed by atoms with Crippen molar-refractivity contribution in [1.29, 1.82) is 0 Å². The van der Waals surface area contributed by atoms with Gasteiger partial charge >= 0.3 is 0 Å². The van der Waals surface area contributed by atoms with Crippen LogP contribution in [0.15, 0.2) is 186 Å². The highest BCUT2D eigenvalue weighted by Crippen LogP contribution is 2.37. The summed E-state index contributed by atoms with van der Waals surface area (Å²) in [4.78, 5) is 10.2. The van der Waals surface area contributed by atoms with Crippen LogP contribution in [0.5, 0.6) is 0 Å². The third-order valence-corrected chi connectivity index (χ3v) is 11.6. The molecule has 13 rings (SSSR count). The van der Waals surface area contributed by atoms with Crippen molar-refractivity contribution in [1.82, 2.24) is 27.9 Å². The normalized spacial score (nSPS) is 12.2. The summed E-state index contributed by atoms with van der Waals surface area (Å²) in [5.41, 5.74) is 17.0. The van der Waals surface area contributed by atoms with Gasteiger partial charge in [-0.15, -0.1) is 0 Å². The van der Waals surface area contributed by atoms with Gasteiger partial charge in [-0.25, -0.2) is 9.97 Å². The Balaban J connectivity index is 0.930. The van der Waals surface area contributed by atoms with E-state index >= 15 is 0 Å². The van der Waals surface area contributed by atoms with Gasteiger partial charge in [0.05, 0.1) is 44.1 Å².